The van der Waals surface area contributed by atoms with Crippen LogP contribution in [0.2, 0.25) is 0 Å². The fraction of sp³-hybridized carbons (Fsp3) is 0.542. The molecule has 2 aromatic carbocycles. The molecule has 0 aliphatic rings. The highest BCUT2D eigenvalue weighted by Crippen LogP contribution is 2.31. The number of aromatic hydroxyl groups is 1. The number of benzene rings is 2. The zero-order valence-corrected chi connectivity index (χ0v) is 17.0. The van der Waals surface area contributed by atoms with E-state index in [-0.39, 0.29) is 11.7 Å². The first-order valence-corrected chi connectivity index (χ1v) is 10.6. The summed E-state index contributed by atoms with van der Waals surface area (Å²) < 4.78 is 0. The van der Waals surface area contributed by atoms with E-state index < -0.39 is 0 Å². The number of amides is 1. The third kappa shape index (κ3) is 6.57. The number of phenols is 1. The number of aryl methyl sites for hydroxylation is 1. The molecular weight excluding hydrogens is 334 g/mol. The predicted molar refractivity (Wildman–Crippen MR) is 115 cm³/mol. The van der Waals surface area contributed by atoms with Crippen LogP contribution in [-0.2, 0) is 0 Å². The molecule has 0 aliphatic carbocycles. The number of nitrogens with one attached hydrogen (secondary N) is 1. The van der Waals surface area contributed by atoms with Crippen LogP contribution >= 0.6 is 0 Å². The minimum Gasteiger partial charge on any atom is -0.506 e. The maximum atomic E-state index is 12.5. The van der Waals surface area contributed by atoms with Gasteiger partial charge in [0.15, 0.2) is 0 Å². The first-order chi connectivity index (χ1) is 13.1. The largest absolute Gasteiger partial charge is 0.506 e. The zero-order chi connectivity index (χ0) is 19.5. The molecular formula is C24H35NO2. The summed E-state index contributed by atoms with van der Waals surface area (Å²) >= 11 is 0. The van der Waals surface area contributed by atoms with Gasteiger partial charge in [-0.15, -0.1) is 0 Å². The van der Waals surface area contributed by atoms with Crippen molar-refractivity contribution in [3.63, 3.8) is 0 Å². The van der Waals surface area contributed by atoms with Gasteiger partial charge >= 0.3 is 0 Å². The molecule has 0 aromatic heterocycles. The van der Waals surface area contributed by atoms with Crippen LogP contribution in [0.4, 0.5) is 0 Å². The standard InChI is InChI=1S/C24H35NO2/c1-3-4-5-6-7-8-9-10-11-14-17-25-24(27)22-19(2)18-20-15-12-13-16-21(20)23(22)26/h12-13,15-16,18,26H,3-11,14,17H2,1-2H3,(H,25,27). The van der Waals surface area contributed by atoms with Crippen molar-refractivity contribution in [3.8, 4) is 5.75 Å². The van der Waals surface area contributed by atoms with Crippen molar-refractivity contribution in [3.05, 3.63) is 41.5 Å². The van der Waals surface area contributed by atoms with Gasteiger partial charge in [0.25, 0.3) is 5.91 Å². The number of hydrogen-bond donors (Lipinski definition) is 2. The fourth-order valence-corrected chi connectivity index (χ4v) is 3.65. The first-order valence-electron chi connectivity index (χ1n) is 10.6. The Kier molecular flexibility index (Phi) is 9.17. The van der Waals surface area contributed by atoms with Gasteiger partial charge < -0.3 is 10.4 Å². The molecule has 3 heteroatoms. The first kappa shape index (κ1) is 21.3. The Bertz CT molecular complexity index is 724. The summed E-state index contributed by atoms with van der Waals surface area (Å²) in [5.41, 5.74) is 1.22. The quantitative estimate of drug-likeness (QED) is 0.419. The normalized spacial score (nSPS) is 11.0. The third-order valence-electron chi connectivity index (χ3n) is 5.26. The van der Waals surface area contributed by atoms with Gasteiger partial charge in [-0.1, -0.05) is 95.0 Å². The highest BCUT2D eigenvalue weighted by Gasteiger charge is 2.16. The molecule has 2 rings (SSSR count). The molecule has 2 N–H and O–H groups in total. The Morgan fingerprint density at radius 1 is 0.926 bits per heavy atom. The predicted octanol–water partition coefficient (Wildman–Crippen LogP) is 6.50. The van der Waals surface area contributed by atoms with Crippen LogP contribution in [0, 0.1) is 6.92 Å². The average molecular weight is 370 g/mol. The summed E-state index contributed by atoms with van der Waals surface area (Å²) in [6, 6.07) is 9.58. The highest BCUT2D eigenvalue weighted by atomic mass is 16.3. The Morgan fingerprint density at radius 3 is 2.19 bits per heavy atom. The fourth-order valence-electron chi connectivity index (χ4n) is 3.65. The maximum absolute atomic E-state index is 12.5. The van der Waals surface area contributed by atoms with Gasteiger partial charge in [-0.05, 0) is 24.3 Å². The number of fused-ring (bicyclic) bond motifs is 1. The Morgan fingerprint density at radius 2 is 1.52 bits per heavy atom. The van der Waals surface area contributed by atoms with E-state index in [4.69, 9.17) is 0 Å². The van der Waals surface area contributed by atoms with Crippen LogP contribution in [0.5, 0.6) is 5.75 Å². The van der Waals surface area contributed by atoms with E-state index >= 15 is 0 Å². The lowest BCUT2D eigenvalue weighted by Gasteiger charge is -2.12. The molecule has 0 atom stereocenters. The van der Waals surface area contributed by atoms with Crippen molar-refractivity contribution in [1.82, 2.24) is 5.32 Å². The van der Waals surface area contributed by atoms with E-state index in [1.807, 2.05) is 37.3 Å². The van der Waals surface area contributed by atoms with Crippen LogP contribution in [0.3, 0.4) is 0 Å². The minimum absolute atomic E-state index is 0.0890. The molecule has 0 heterocycles. The molecule has 2 aromatic rings. The molecule has 0 radical (unpaired) electrons. The molecule has 0 unspecified atom stereocenters. The average Bonchev–Trinajstić information content (AvgIpc) is 2.66. The summed E-state index contributed by atoms with van der Waals surface area (Å²) in [7, 11) is 0. The lowest BCUT2D eigenvalue weighted by molar-refractivity contribution is 0.0950. The molecule has 0 saturated heterocycles. The molecule has 0 fully saturated rings. The van der Waals surface area contributed by atoms with E-state index in [1.54, 1.807) is 0 Å². The van der Waals surface area contributed by atoms with Gasteiger partial charge in [0.2, 0.25) is 0 Å². The summed E-state index contributed by atoms with van der Waals surface area (Å²) in [5.74, 6) is -0.0853. The van der Waals surface area contributed by atoms with Crippen molar-refractivity contribution in [2.45, 2.75) is 78.1 Å². The van der Waals surface area contributed by atoms with E-state index in [9.17, 15) is 9.90 Å². The van der Waals surface area contributed by atoms with Crippen LogP contribution in [0.15, 0.2) is 30.3 Å². The van der Waals surface area contributed by atoms with Crippen molar-refractivity contribution in [1.29, 1.82) is 0 Å². The zero-order valence-electron chi connectivity index (χ0n) is 17.0. The van der Waals surface area contributed by atoms with Crippen LogP contribution in [0.25, 0.3) is 10.8 Å². The van der Waals surface area contributed by atoms with Crippen LogP contribution < -0.4 is 5.32 Å². The number of phenolic OH excluding ortho intramolecular Hbond substituents is 1. The Labute approximate surface area is 164 Å². The number of hydrogen-bond acceptors (Lipinski definition) is 2. The van der Waals surface area contributed by atoms with Gasteiger partial charge in [0, 0.05) is 11.9 Å². The summed E-state index contributed by atoms with van der Waals surface area (Å²) in [5, 5.41) is 15.2. The number of unbranched alkanes of at least 4 members (excludes halogenated alkanes) is 9. The highest BCUT2D eigenvalue weighted by molar-refractivity contribution is 6.05. The lowest BCUT2D eigenvalue weighted by atomic mass is 9.99. The van der Waals surface area contributed by atoms with E-state index in [1.165, 1.54) is 51.4 Å². The van der Waals surface area contributed by atoms with Gasteiger partial charge in [0.05, 0.1) is 5.56 Å². The monoisotopic (exact) mass is 369 g/mol. The van der Waals surface area contributed by atoms with Crippen LogP contribution in [0.1, 0.15) is 87.1 Å². The number of rotatable bonds is 12. The van der Waals surface area contributed by atoms with E-state index in [0.29, 0.717) is 12.1 Å². The molecule has 148 valence electrons. The van der Waals surface area contributed by atoms with Crippen LogP contribution in [-0.4, -0.2) is 17.6 Å². The third-order valence-corrected chi connectivity index (χ3v) is 5.26. The van der Waals surface area contributed by atoms with Crippen molar-refractivity contribution < 1.29 is 9.90 Å². The smallest absolute Gasteiger partial charge is 0.255 e. The molecule has 1 amide bonds. The number of carbonyl (C=O) groups excluding carboxylic acids is 1. The van der Waals surface area contributed by atoms with Gasteiger partial charge in [-0.2, -0.15) is 0 Å². The molecule has 0 bridgehead atoms. The van der Waals surface area contributed by atoms with E-state index in [2.05, 4.69) is 12.2 Å². The molecule has 0 spiro atoms. The lowest BCUT2D eigenvalue weighted by Crippen LogP contribution is -2.25. The molecule has 0 saturated carbocycles. The number of carbonyl (C=O) groups is 1. The second-order valence-corrected chi connectivity index (χ2v) is 7.58. The van der Waals surface area contributed by atoms with Crippen molar-refractivity contribution in [2.75, 3.05) is 6.54 Å². The molecule has 27 heavy (non-hydrogen) atoms. The van der Waals surface area contributed by atoms with Crippen molar-refractivity contribution >= 4 is 16.7 Å². The summed E-state index contributed by atoms with van der Waals surface area (Å²) in [4.78, 5) is 12.5. The maximum Gasteiger partial charge on any atom is 0.255 e. The second kappa shape index (κ2) is 11.6. The summed E-state index contributed by atoms with van der Waals surface area (Å²) in [6.07, 6.45) is 12.8. The van der Waals surface area contributed by atoms with E-state index in [0.717, 1.165) is 29.2 Å². The topological polar surface area (TPSA) is 49.3 Å². The van der Waals surface area contributed by atoms with Gasteiger partial charge in [-0.25, -0.2) is 0 Å². The van der Waals surface area contributed by atoms with Crippen molar-refractivity contribution in [2.24, 2.45) is 0 Å². The van der Waals surface area contributed by atoms with Gasteiger partial charge in [0.1, 0.15) is 5.75 Å². The summed E-state index contributed by atoms with van der Waals surface area (Å²) in [6.45, 7) is 4.80. The second-order valence-electron chi connectivity index (χ2n) is 7.58. The Hall–Kier alpha value is -2.03. The Balaban J connectivity index is 1.69. The molecule has 0 aliphatic heterocycles. The minimum atomic E-state index is -0.174. The SMILES string of the molecule is CCCCCCCCCCCCNC(=O)c1c(C)cc2ccccc2c1O. The van der Waals surface area contributed by atoms with Gasteiger partial charge in [-0.3, -0.25) is 4.79 Å². The molecule has 3 nitrogen and oxygen atoms in total.